The highest BCUT2D eigenvalue weighted by atomic mass is 79.9. The lowest BCUT2D eigenvalue weighted by Gasteiger charge is -2.12. The van der Waals surface area contributed by atoms with Crippen LogP contribution in [0.4, 0.5) is 0 Å². The molecule has 0 radical (unpaired) electrons. The monoisotopic (exact) mass is 479 g/mol. The number of thioether (sulfide) groups is 1. The predicted molar refractivity (Wildman–Crippen MR) is 123 cm³/mol. The van der Waals surface area contributed by atoms with Gasteiger partial charge in [-0.15, -0.1) is 10.2 Å². The van der Waals surface area contributed by atoms with Crippen LogP contribution < -0.4 is 4.74 Å². The second-order valence-electron chi connectivity index (χ2n) is 6.40. The number of halogens is 1. The first-order valence-corrected chi connectivity index (χ1v) is 11.0. The fourth-order valence-corrected chi connectivity index (χ4v) is 4.14. The van der Waals surface area contributed by atoms with E-state index >= 15 is 0 Å². The minimum Gasteiger partial charge on any atom is -0.496 e. The molecule has 0 atom stereocenters. The van der Waals surface area contributed by atoms with E-state index in [1.807, 2.05) is 83.4 Å². The van der Waals surface area contributed by atoms with E-state index in [4.69, 9.17) is 4.74 Å². The van der Waals surface area contributed by atoms with Crippen LogP contribution in [0.2, 0.25) is 0 Å². The van der Waals surface area contributed by atoms with Crippen molar-refractivity contribution in [3.8, 4) is 22.8 Å². The number of nitrogens with zero attached hydrogens (tertiary/aromatic N) is 3. The average molecular weight is 480 g/mol. The second-order valence-corrected chi connectivity index (χ2v) is 8.25. The van der Waals surface area contributed by atoms with Crippen LogP contribution in [0.5, 0.6) is 5.75 Å². The van der Waals surface area contributed by atoms with Crippen LogP contribution in [-0.4, -0.2) is 33.4 Å². The number of hydrogen-bond acceptors (Lipinski definition) is 5. The SMILES string of the molecule is COc1ccccc1-c1nnc(SCC(=O)c2ccc(Br)cc2)n1-c1ccccc1. The van der Waals surface area contributed by atoms with Crippen LogP contribution in [0.15, 0.2) is 88.5 Å². The largest absolute Gasteiger partial charge is 0.496 e. The van der Waals surface area contributed by atoms with E-state index in [0.717, 1.165) is 15.7 Å². The van der Waals surface area contributed by atoms with Crippen LogP contribution in [0.25, 0.3) is 17.1 Å². The van der Waals surface area contributed by atoms with E-state index in [9.17, 15) is 4.79 Å². The van der Waals surface area contributed by atoms with E-state index < -0.39 is 0 Å². The molecule has 0 aliphatic carbocycles. The summed E-state index contributed by atoms with van der Waals surface area (Å²) in [6.45, 7) is 0. The molecule has 1 heterocycles. The number of aromatic nitrogens is 3. The van der Waals surface area contributed by atoms with E-state index in [1.165, 1.54) is 11.8 Å². The number of carbonyl (C=O) groups is 1. The summed E-state index contributed by atoms with van der Waals surface area (Å²) in [6.07, 6.45) is 0. The molecule has 4 aromatic rings. The molecule has 0 bridgehead atoms. The lowest BCUT2D eigenvalue weighted by atomic mass is 10.2. The molecule has 7 heteroatoms. The minimum absolute atomic E-state index is 0.0361. The molecule has 0 amide bonds. The maximum atomic E-state index is 12.6. The number of para-hydroxylation sites is 2. The average Bonchev–Trinajstić information content (AvgIpc) is 3.22. The summed E-state index contributed by atoms with van der Waals surface area (Å²) in [7, 11) is 1.63. The quantitative estimate of drug-likeness (QED) is 0.252. The molecule has 3 aromatic carbocycles. The molecule has 0 aliphatic rings. The normalized spacial score (nSPS) is 10.7. The van der Waals surface area contributed by atoms with Gasteiger partial charge in [0.05, 0.1) is 18.4 Å². The molecule has 0 saturated carbocycles. The Balaban J connectivity index is 1.69. The Kier molecular flexibility index (Phi) is 6.30. The van der Waals surface area contributed by atoms with Gasteiger partial charge in [-0.3, -0.25) is 9.36 Å². The van der Waals surface area contributed by atoms with Gasteiger partial charge in [0, 0.05) is 15.7 Å². The van der Waals surface area contributed by atoms with Crippen LogP contribution >= 0.6 is 27.7 Å². The maximum absolute atomic E-state index is 12.6. The highest BCUT2D eigenvalue weighted by Crippen LogP contribution is 2.33. The number of ether oxygens (including phenoxy) is 1. The molecule has 4 rings (SSSR count). The highest BCUT2D eigenvalue weighted by Gasteiger charge is 2.19. The molecular weight excluding hydrogens is 462 g/mol. The van der Waals surface area contributed by atoms with Crippen molar-refractivity contribution in [1.29, 1.82) is 0 Å². The van der Waals surface area contributed by atoms with Gasteiger partial charge >= 0.3 is 0 Å². The van der Waals surface area contributed by atoms with Crippen molar-refractivity contribution in [2.45, 2.75) is 5.16 Å². The number of Topliss-reactive ketones (excluding diaryl/α,β-unsaturated/α-hetero) is 1. The topological polar surface area (TPSA) is 57.0 Å². The fraction of sp³-hybridized carbons (Fsp3) is 0.0870. The van der Waals surface area contributed by atoms with Gasteiger partial charge in [0.15, 0.2) is 16.8 Å². The number of hydrogen-bond donors (Lipinski definition) is 0. The number of methoxy groups -OCH3 is 1. The zero-order chi connectivity index (χ0) is 20.9. The minimum atomic E-state index is 0.0361. The summed E-state index contributed by atoms with van der Waals surface area (Å²) in [4.78, 5) is 12.6. The van der Waals surface area contributed by atoms with Crippen LogP contribution in [-0.2, 0) is 0 Å². The highest BCUT2D eigenvalue weighted by molar-refractivity contribution is 9.10. The lowest BCUT2D eigenvalue weighted by Crippen LogP contribution is -2.05. The first-order chi connectivity index (χ1) is 14.7. The van der Waals surface area contributed by atoms with Gasteiger partial charge in [-0.25, -0.2) is 0 Å². The van der Waals surface area contributed by atoms with Crippen LogP contribution in [0.1, 0.15) is 10.4 Å². The van der Waals surface area contributed by atoms with Crippen molar-refractivity contribution >= 4 is 33.5 Å². The first-order valence-electron chi connectivity index (χ1n) is 9.23. The van der Waals surface area contributed by atoms with Gasteiger partial charge in [-0.05, 0) is 36.4 Å². The molecule has 30 heavy (non-hydrogen) atoms. The van der Waals surface area contributed by atoms with E-state index in [1.54, 1.807) is 7.11 Å². The Morgan fingerprint density at radius 1 is 0.967 bits per heavy atom. The summed E-state index contributed by atoms with van der Waals surface area (Å²) in [5.41, 5.74) is 2.42. The third-order valence-electron chi connectivity index (χ3n) is 4.49. The third-order valence-corrected chi connectivity index (χ3v) is 5.95. The van der Waals surface area contributed by atoms with E-state index in [2.05, 4.69) is 26.1 Å². The van der Waals surface area contributed by atoms with Crippen molar-refractivity contribution in [3.05, 3.63) is 88.9 Å². The van der Waals surface area contributed by atoms with Gasteiger partial charge in [-0.1, -0.05) is 70.2 Å². The number of benzene rings is 3. The molecule has 1 aromatic heterocycles. The number of rotatable bonds is 7. The van der Waals surface area contributed by atoms with Gasteiger partial charge in [-0.2, -0.15) is 0 Å². The Labute approximate surface area is 187 Å². The Hall–Kier alpha value is -2.90. The van der Waals surface area contributed by atoms with Crippen LogP contribution in [0, 0.1) is 0 Å². The van der Waals surface area contributed by atoms with Gasteiger partial charge < -0.3 is 4.74 Å². The third kappa shape index (κ3) is 4.32. The second kappa shape index (κ2) is 9.28. The molecule has 0 spiro atoms. The van der Waals surface area contributed by atoms with Gasteiger partial charge in [0.1, 0.15) is 5.75 Å². The van der Waals surface area contributed by atoms with Crippen molar-refractivity contribution in [1.82, 2.24) is 14.8 Å². The Morgan fingerprint density at radius 3 is 2.40 bits per heavy atom. The summed E-state index contributed by atoms with van der Waals surface area (Å²) >= 11 is 4.76. The van der Waals surface area contributed by atoms with E-state index in [0.29, 0.717) is 22.3 Å². The summed E-state index contributed by atoms with van der Waals surface area (Å²) < 4.78 is 8.42. The number of ketones is 1. The van der Waals surface area contributed by atoms with E-state index in [-0.39, 0.29) is 11.5 Å². The first kappa shape index (κ1) is 20.4. The zero-order valence-corrected chi connectivity index (χ0v) is 18.6. The Bertz CT molecular complexity index is 1160. The van der Waals surface area contributed by atoms with Crippen molar-refractivity contribution in [2.24, 2.45) is 0 Å². The molecule has 0 aliphatic heterocycles. The summed E-state index contributed by atoms with van der Waals surface area (Å²) in [5, 5.41) is 9.46. The smallest absolute Gasteiger partial charge is 0.196 e. The molecule has 0 N–H and O–H groups in total. The van der Waals surface area contributed by atoms with Crippen molar-refractivity contribution in [3.63, 3.8) is 0 Å². The molecular formula is C23H18BrN3O2S. The molecule has 0 unspecified atom stereocenters. The summed E-state index contributed by atoms with van der Waals surface area (Å²) in [6, 6.07) is 24.9. The van der Waals surface area contributed by atoms with Crippen molar-refractivity contribution < 1.29 is 9.53 Å². The van der Waals surface area contributed by atoms with Crippen molar-refractivity contribution in [2.75, 3.05) is 12.9 Å². The van der Waals surface area contributed by atoms with Crippen LogP contribution in [0.3, 0.4) is 0 Å². The standard InChI is InChI=1S/C23H18BrN3O2S/c1-29-21-10-6-5-9-19(21)22-25-26-23(27(22)18-7-3-2-4-8-18)30-15-20(28)16-11-13-17(24)14-12-16/h2-14H,15H2,1H3. The molecule has 150 valence electrons. The lowest BCUT2D eigenvalue weighted by molar-refractivity contribution is 0.102. The van der Waals surface area contributed by atoms with Gasteiger partial charge in [0.2, 0.25) is 0 Å². The maximum Gasteiger partial charge on any atom is 0.196 e. The molecule has 0 saturated heterocycles. The fourth-order valence-electron chi connectivity index (χ4n) is 3.03. The zero-order valence-electron chi connectivity index (χ0n) is 16.2. The summed E-state index contributed by atoms with van der Waals surface area (Å²) in [5.74, 6) is 1.68. The van der Waals surface area contributed by atoms with Gasteiger partial charge in [0.25, 0.3) is 0 Å². The predicted octanol–water partition coefficient (Wildman–Crippen LogP) is 5.68. The molecule has 5 nitrogen and oxygen atoms in total. The number of carbonyl (C=O) groups excluding carboxylic acids is 1. The Morgan fingerprint density at radius 2 is 1.67 bits per heavy atom. The molecule has 0 fully saturated rings.